The van der Waals surface area contributed by atoms with Crippen molar-refractivity contribution in [2.75, 3.05) is 0 Å². The molecule has 0 heterocycles. The Balaban J connectivity index is 1.99. The molecule has 1 atom stereocenters. The molecule has 2 N–H and O–H groups in total. The van der Waals surface area contributed by atoms with E-state index in [4.69, 9.17) is 23.2 Å². The van der Waals surface area contributed by atoms with Crippen LogP contribution in [0, 0.1) is 0 Å². The molecule has 0 aromatic heterocycles. The maximum atomic E-state index is 12.3. The van der Waals surface area contributed by atoms with Crippen molar-refractivity contribution in [1.29, 1.82) is 0 Å². The molecule has 0 aliphatic carbocycles. The SMILES string of the molecule is C[C@H](NS(=O)(=O)c1cccc(Cl)c1)C(=O)NCc1ccccc1Cl. The highest BCUT2D eigenvalue weighted by Crippen LogP contribution is 2.16. The smallest absolute Gasteiger partial charge is 0.241 e. The Morgan fingerprint density at radius 3 is 2.50 bits per heavy atom. The lowest BCUT2D eigenvalue weighted by molar-refractivity contribution is -0.122. The van der Waals surface area contributed by atoms with Gasteiger partial charge in [0.25, 0.3) is 0 Å². The van der Waals surface area contributed by atoms with Crippen LogP contribution in [0.2, 0.25) is 10.0 Å². The lowest BCUT2D eigenvalue weighted by Gasteiger charge is -2.15. The molecule has 0 radical (unpaired) electrons. The lowest BCUT2D eigenvalue weighted by Crippen LogP contribution is -2.44. The van der Waals surface area contributed by atoms with Crippen molar-refractivity contribution in [2.24, 2.45) is 0 Å². The zero-order valence-corrected chi connectivity index (χ0v) is 15.1. The second-order valence-corrected chi connectivity index (χ2v) is 7.67. The summed E-state index contributed by atoms with van der Waals surface area (Å²) in [6.07, 6.45) is 0. The van der Waals surface area contributed by atoms with E-state index >= 15 is 0 Å². The zero-order valence-electron chi connectivity index (χ0n) is 12.8. The summed E-state index contributed by atoms with van der Waals surface area (Å²) in [7, 11) is -3.84. The summed E-state index contributed by atoms with van der Waals surface area (Å²) < 4.78 is 26.8. The number of sulfonamides is 1. The maximum Gasteiger partial charge on any atom is 0.241 e. The average Bonchev–Trinajstić information content (AvgIpc) is 2.53. The molecular weight excluding hydrogens is 371 g/mol. The molecule has 0 aliphatic heterocycles. The predicted octanol–water partition coefficient (Wildman–Crippen LogP) is 2.98. The molecule has 0 fully saturated rings. The number of amides is 1. The zero-order chi connectivity index (χ0) is 17.7. The Bertz CT molecular complexity index is 841. The number of rotatable bonds is 6. The van der Waals surface area contributed by atoms with Crippen LogP contribution in [0.5, 0.6) is 0 Å². The summed E-state index contributed by atoms with van der Waals surface area (Å²) in [6, 6.07) is 12.0. The molecular formula is C16H16Cl2N2O3S. The Hall–Kier alpha value is -1.60. The Morgan fingerprint density at radius 1 is 1.12 bits per heavy atom. The van der Waals surface area contributed by atoms with Crippen LogP contribution in [0.4, 0.5) is 0 Å². The van der Waals surface area contributed by atoms with E-state index in [0.717, 1.165) is 5.56 Å². The van der Waals surface area contributed by atoms with Crippen molar-refractivity contribution < 1.29 is 13.2 Å². The molecule has 5 nitrogen and oxygen atoms in total. The first kappa shape index (κ1) is 18.7. The van der Waals surface area contributed by atoms with Crippen LogP contribution in [0.25, 0.3) is 0 Å². The second-order valence-electron chi connectivity index (χ2n) is 5.11. The van der Waals surface area contributed by atoms with E-state index in [2.05, 4.69) is 10.0 Å². The van der Waals surface area contributed by atoms with Gasteiger partial charge in [0, 0.05) is 16.6 Å². The minimum absolute atomic E-state index is 0.000698. The first-order valence-corrected chi connectivity index (χ1v) is 9.32. The summed E-state index contributed by atoms with van der Waals surface area (Å²) in [5.41, 5.74) is 0.748. The van der Waals surface area contributed by atoms with Crippen molar-refractivity contribution in [1.82, 2.24) is 10.0 Å². The minimum atomic E-state index is -3.84. The summed E-state index contributed by atoms with van der Waals surface area (Å²) in [5, 5.41) is 3.48. The van der Waals surface area contributed by atoms with Gasteiger partial charge in [-0.15, -0.1) is 0 Å². The number of benzene rings is 2. The number of hydrogen-bond acceptors (Lipinski definition) is 3. The molecule has 8 heteroatoms. The van der Waals surface area contributed by atoms with Gasteiger partial charge in [-0.1, -0.05) is 47.5 Å². The summed E-state index contributed by atoms with van der Waals surface area (Å²) >= 11 is 11.8. The number of carbonyl (C=O) groups is 1. The van der Waals surface area contributed by atoms with Gasteiger partial charge in [-0.2, -0.15) is 4.72 Å². The van der Waals surface area contributed by atoms with Crippen LogP contribution in [-0.2, 0) is 21.4 Å². The fourth-order valence-corrected chi connectivity index (χ4v) is 3.67. The topological polar surface area (TPSA) is 75.3 Å². The first-order valence-electron chi connectivity index (χ1n) is 7.08. The van der Waals surface area contributed by atoms with Crippen LogP contribution in [0.3, 0.4) is 0 Å². The largest absolute Gasteiger partial charge is 0.351 e. The highest BCUT2D eigenvalue weighted by Gasteiger charge is 2.22. The monoisotopic (exact) mass is 386 g/mol. The van der Waals surface area contributed by atoms with Gasteiger partial charge in [0.15, 0.2) is 0 Å². The molecule has 0 unspecified atom stereocenters. The van der Waals surface area contributed by atoms with E-state index in [1.165, 1.54) is 25.1 Å². The third-order valence-corrected chi connectivity index (χ3v) is 5.38. The Morgan fingerprint density at radius 2 is 1.83 bits per heavy atom. The Kier molecular flexibility index (Phi) is 6.23. The van der Waals surface area contributed by atoms with Crippen LogP contribution in [0.15, 0.2) is 53.4 Å². The van der Waals surface area contributed by atoms with E-state index in [1.54, 1.807) is 30.3 Å². The van der Waals surface area contributed by atoms with Crippen molar-refractivity contribution >= 4 is 39.1 Å². The van der Waals surface area contributed by atoms with Crippen molar-refractivity contribution in [3.05, 3.63) is 64.1 Å². The summed E-state index contributed by atoms with van der Waals surface area (Å²) in [5.74, 6) is -0.458. The molecule has 1 amide bonds. The molecule has 0 spiro atoms. The van der Waals surface area contributed by atoms with Crippen molar-refractivity contribution in [2.45, 2.75) is 24.4 Å². The standard InChI is InChI=1S/C16H16Cl2N2O3S/c1-11(16(21)19-10-12-5-2-3-8-15(12)18)20-24(22,23)14-7-4-6-13(17)9-14/h2-9,11,20H,10H2,1H3,(H,19,21)/t11-/m0/s1. The maximum absolute atomic E-state index is 12.3. The van der Waals surface area contributed by atoms with Gasteiger partial charge in [0.2, 0.25) is 15.9 Å². The van der Waals surface area contributed by atoms with Gasteiger partial charge in [-0.05, 0) is 36.8 Å². The highest BCUT2D eigenvalue weighted by molar-refractivity contribution is 7.89. The lowest BCUT2D eigenvalue weighted by atomic mass is 10.2. The molecule has 2 aromatic carbocycles. The van der Waals surface area contributed by atoms with E-state index in [1.807, 2.05) is 0 Å². The third kappa shape index (κ3) is 4.95. The first-order chi connectivity index (χ1) is 11.3. The number of nitrogens with one attached hydrogen (secondary N) is 2. The molecule has 0 saturated heterocycles. The predicted molar refractivity (Wildman–Crippen MR) is 94.5 cm³/mol. The summed E-state index contributed by atoms with van der Waals surface area (Å²) in [4.78, 5) is 12.1. The van der Waals surface area contributed by atoms with Gasteiger partial charge < -0.3 is 5.32 Å². The van der Waals surface area contributed by atoms with Crippen LogP contribution in [-0.4, -0.2) is 20.4 Å². The molecule has 128 valence electrons. The number of carbonyl (C=O) groups excluding carboxylic acids is 1. The molecule has 0 bridgehead atoms. The van der Waals surface area contributed by atoms with Crippen molar-refractivity contribution in [3.8, 4) is 0 Å². The van der Waals surface area contributed by atoms with Crippen LogP contribution in [0.1, 0.15) is 12.5 Å². The Labute approximate surface area is 151 Å². The molecule has 2 rings (SSSR count). The molecule has 2 aromatic rings. The van der Waals surface area contributed by atoms with Crippen LogP contribution < -0.4 is 10.0 Å². The average molecular weight is 387 g/mol. The van der Waals surface area contributed by atoms with Gasteiger partial charge in [-0.3, -0.25) is 4.79 Å². The van der Waals surface area contributed by atoms with E-state index < -0.39 is 22.0 Å². The fourth-order valence-electron chi connectivity index (χ4n) is 1.97. The number of hydrogen-bond donors (Lipinski definition) is 2. The molecule has 24 heavy (non-hydrogen) atoms. The minimum Gasteiger partial charge on any atom is -0.351 e. The van der Waals surface area contributed by atoms with E-state index in [0.29, 0.717) is 10.0 Å². The second kappa shape index (κ2) is 7.98. The molecule has 0 saturated carbocycles. The van der Waals surface area contributed by atoms with Crippen LogP contribution >= 0.6 is 23.2 Å². The normalized spacial score (nSPS) is 12.6. The number of halogens is 2. The third-order valence-electron chi connectivity index (χ3n) is 3.24. The van der Waals surface area contributed by atoms with Gasteiger partial charge in [-0.25, -0.2) is 8.42 Å². The summed E-state index contributed by atoms with van der Waals surface area (Å²) in [6.45, 7) is 1.67. The quantitative estimate of drug-likeness (QED) is 0.800. The molecule has 0 aliphatic rings. The van der Waals surface area contributed by atoms with E-state index in [-0.39, 0.29) is 11.4 Å². The highest BCUT2D eigenvalue weighted by atomic mass is 35.5. The van der Waals surface area contributed by atoms with Gasteiger partial charge in [0.1, 0.15) is 0 Å². The fraction of sp³-hybridized carbons (Fsp3) is 0.188. The van der Waals surface area contributed by atoms with Crippen molar-refractivity contribution in [3.63, 3.8) is 0 Å². The van der Waals surface area contributed by atoms with E-state index in [9.17, 15) is 13.2 Å². The van der Waals surface area contributed by atoms with Gasteiger partial charge in [0.05, 0.1) is 10.9 Å². The van der Waals surface area contributed by atoms with Gasteiger partial charge >= 0.3 is 0 Å².